The smallest absolute Gasteiger partial charge is 0.318 e. The van der Waals surface area contributed by atoms with Crippen LogP contribution in [-0.4, -0.2) is 40.4 Å². The van der Waals surface area contributed by atoms with Gasteiger partial charge in [0, 0.05) is 28.4 Å². The second kappa shape index (κ2) is 12.4. The first-order valence-corrected chi connectivity index (χ1v) is 13.8. The van der Waals surface area contributed by atoms with Crippen molar-refractivity contribution in [1.29, 1.82) is 0 Å². The van der Waals surface area contributed by atoms with E-state index in [9.17, 15) is 9.59 Å². The number of aryl methyl sites for hydroxylation is 1. The Morgan fingerprint density at radius 1 is 0.882 bits per heavy atom. The molecule has 0 spiro atoms. The van der Waals surface area contributed by atoms with Crippen LogP contribution >= 0.6 is 11.3 Å². The largest absolute Gasteiger partial charge is 0.335 e. The van der Waals surface area contributed by atoms with Crippen LogP contribution in [-0.2, 0) is 17.9 Å². The third kappa shape index (κ3) is 7.08. The van der Waals surface area contributed by atoms with Crippen molar-refractivity contribution in [2.24, 2.45) is 0 Å². The van der Waals surface area contributed by atoms with Crippen LogP contribution < -0.4 is 5.32 Å². The van der Waals surface area contributed by atoms with Crippen molar-refractivity contribution in [3.8, 4) is 0 Å². The fourth-order valence-electron chi connectivity index (χ4n) is 5.30. The molecule has 6 heteroatoms. The Hall–Kier alpha value is -2.34. The van der Waals surface area contributed by atoms with Gasteiger partial charge in [0.25, 0.3) is 0 Å². The van der Waals surface area contributed by atoms with Gasteiger partial charge in [-0.1, -0.05) is 68.9 Å². The Kier molecular flexibility index (Phi) is 9.03. The molecule has 4 rings (SSSR count). The maximum absolute atomic E-state index is 13.7. The highest BCUT2D eigenvalue weighted by Crippen LogP contribution is 2.25. The summed E-state index contributed by atoms with van der Waals surface area (Å²) in [6.07, 6.45) is 11.2. The molecule has 0 aliphatic heterocycles. The van der Waals surface area contributed by atoms with Crippen molar-refractivity contribution in [3.05, 3.63) is 57.8 Å². The normalized spacial score (nSPS) is 17.3. The predicted molar refractivity (Wildman–Crippen MR) is 139 cm³/mol. The summed E-state index contributed by atoms with van der Waals surface area (Å²) < 4.78 is 0. The molecule has 2 saturated carbocycles. The maximum Gasteiger partial charge on any atom is 0.318 e. The molecule has 3 amide bonds. The number of amides is 3. The number of hydrogen-bond donors (Lipinski definition) is 1. The van der Waals surface area contributed by atoms with E-state index in [1.54, 1.807) is 11.3 Å². The third-order valence-electron chi connectivity index (χ3n) is 7.23. The number of carbonyl (C=O) groups excluding carboxylic acids is 2. The Labute approximate surface area is 208 Å². The second-order valence-electron chi connectivity index (χ2n) is 9.95. The minimum absolute atomic E-state index is 0.0271. The zero-order valence-corrected chi connectivity index (χ0v) is 21.3. The maximum atomic E-state index is 13.7. The summed E-state index contributed by atoms with van der Waals surface area (Å²) in [6, 6.07) is 14.7. The second-order valence-corrected chi connectivity index (χ2v) is 11.3. The molecule has 2 aliphatic carbocycles. The van der Waals surface area contributed by atoms with Crippen molar-refractivity contribution in [1.82, 2.24) is 15.1 Å². The predicted octanol–water partition coefficient (Wildman–Crippen LogP) is 6.26. The molecular weight excluding hydrogens is 442 g/mol. The fraction of sp³-hybridized carbons (Fsp3) is 0.571. The molecule has 0 saturated heterocycles. The van der Waals surface area contributed by atoms with Crippen LogP contribution in [0.5, 0.6) is 0 Å². The van der Waals surface area contributed by atoms with E-state index in [4.69, 9.17) is 0 Å². The molecule has 0 unspecified atom stereocenters. The summed E-state index contributed by atoms with van der Waals surface area (Å²) in [5, 5.41) is 3.28. The van der Waals surface area contributed by atoms with Gasteiger partial charge in [-0.05, 0) is 50.3 Å². The third-order valence-corrected chi connectivity index (χ3v) is 8.21. The highest BCUT2D eigenvalue weighted by molar-refractivity contribution is 7.11. The molecule has 1 N–H and O–H groups in total. The molecule has 34 heavy (non-hydrogen) atoms. The van der Waals surface area contributed by atoms with E-state index in [1.807, 2.05) is 28.0 Å². The van der Waals surface area contributed by atoms with Gasteiger partial charge in [0.05, 0.1) is 6.54 Å². The first kappa shape index (κ1) is 24.8. The van der Waals surface area contributed by atoms with Crippen LogP contribution in [0.4, 0.5) is 4.79 Å². The number of carbonyl (C=O) groups is 2. The number of thiophene rings is 1. The lowest BCUT2D eigenvalue weighted by Gasteiger charge is -2.37. The summed E-state index contributed by atoms with van der Waals surface area (Å²) in [4.78, 5) is 33.4. The summed E-state index contributed by atoms with van der Waals surface area (Å²) in [6.45, 7) is 3.38. The van der Waals surface area contributed by atoms with E-state index in [1.165, 1.54) is 35.4 Å². The molecule has 2 aromatic rings. The van der Waals surface area contributed by atoms with Crippen LogP contribution in [0.15, 0.2) is 42.5 Å². The van der Waals surface area contributed by atoms with Crippen LogP contribution in [0.2, 0.25) is 0 Å². The van der Waals surface area contributed by atoms with E-state index in [0.29, 0.717) is 13.1 Å². The van der Waals surface area contributed by atoms with E-state index in [-0.39, 0.29) is 30.6 Å². The van der Waals surface area contributed by atoms with Gasteiger partial charge in [-0.15, -0.1) is 11.3 Å². The van der Waals surface area contributed by atoms with E-state index in [2.05, 4.69) is 36.5 Å². The molecule has 2 fully saturated rings. The fourth-order valence-corrected chi connectivity index (χ4v) is 6.21. The lowest BCUT2D eigenvalue weighted by Crippen LogP contribution is -2.53. The summed E-state index contributed by atoms with van der Waals surface area (Å²) in [7, 11) is 0. The first-order valence-electron chi connectivity index (χ1n) is 13.0. The van der Waals surface area contributed by atoms with Gasteiger partial charge in [0.15, 0.2) is 0 Å². The highest BCUT2D eigenvalue weighted by Gasteiger charge is 2.30. The van der Waals surface area contributed by atoms with Crippen molar-refractivity contribution in [2.75, 3.05) is 6.54 Å². The lowest BCUT2D eigenvalue weighted by atomic mass is 9.94. The molecule has 184 valence electrons. The van der Waals surface area contributed by atoms with Crippen LogP contribution in [0.25, 0.3) is 0 Å². The Morgan fingerprint density at radius 2 is 1.56 bits per heavy atom. The number of rotatable bonds is 8. The number of nitrogens with zero attached hydrogens (tertiary/aromatic N) is 2. The topological polar surface area (TPSA) is 52.7 Å². The molecule has 2 aliphatic rings. The standard InChI is InChI=1S/C28H39N3O2S/c1-22-17-18-26(34-22)20-30(19-23-11-5-2-6-12-23)27(32)21-31(25-15-9-4-10-16-25)28(33)29-24-13-7-3-8-14-24/h2,5-6,11-12,17-18,24-25H,3-4,7-10,13-16,19-21H2,1H3,(H,29,33). The summed E-state index contributed by atoms with van der Waals surface area (Å²) >= 11 is 1.73. The number of urea groups is 1. The monoisotopic (exact) mass is 481 g/mol. The van der Waals surface area contributed by atoms with Crippen LogP contribution in [0.3, 0.4) is 0 Å². The minimum atomic E-state index is -0.0428. The molecule has 0 atom stereocenters. The molecule has 5 nitrogen and oxygen atoms in total. The molecular formula is C28H39N3O2S. The van der Waals surface area contributed by atoms with Gasteiger partial charge in [0.1, 0.15) is 6.54 Å². The van der Waals surface area contributed by atoms with Gasteiger partial charge < -0.3 is 15.1 Å². The molecule has 0 bridgehead atoms. The number of benzene rings is 1. The summed E-state index contributed by atoms with van der Waals surface area (Å²) in [5.41, 5.74) is 1.11. The molecule has 1 aromatic carbocycles. The van der Waals surface area contributed by atoms with E-state index in [0.717, 1.165) is 44.1 Å². The van der Waals surface area contributed by atoms with Crippen LogP contribution in [0.1, 0.15) is 79.5 Å². The average molecular weight is 482 g/mol. The minimum Gasteiger partial charge on any atom is -0.335 e. The quantitative estimate of drug-likeness (QED) is 0.484. The lowest BCUT2D eigenvalue weighted by molar-refractivity contribution is -0.133. The Bertz CT molecular complexity index is 917. The Morgan fingerprint density at radius 3 is 2.21 bits per heavy atom. The van der Waals surface area contributed by atoms with Gasteiger partial charge in [-0.3, -0.25) is 4.79 Å². The van der Waals surface area contributed by atoms with Crippen molar-refractivity contribution in [2.45, 2.75) is 96.3 Å². The number of nitrogens with one attached hydrogen (secondary N) is 1. The highest BCUT2D eigenvalue weighted by atomic mass is 32.1. The molecule has 1 heterocycles. The zero-order valence-electron chi connectivity index (χ0n) is 20.5. The van der Waals surface area contributed by atoms with Gasteiger partial charge in [-0.2, -0.15) is 0 Å². The van der Waals surface area contributed by atoms with Gasteiger partial charge in [-0.25, -0.2) is 4.79 Å². The summed E-state index contributed by atoms with van der Waals surface area (Å²) in [5.74, 6) is 0.0271. The molecule has 1 aromatic heterocycles. The zero-order chi connectivity index (χ0) is 23.8. The van der Waals surface area contributed by atoms with Crippen molar-refractivity contribution < 1.29 is 9.59 Å². The van der Waals surface area contributed by atoms with E-state index < -0.39 is 0 Å². The van der Waals surface area contributed by atoms with Crippen molar-refractivity contribution >= 4 is 23.3 Å². The first-order chi connectivity index (χ1) is 16.6. The molecule has 0 radical (unpaired) electrons. The van der Waals surface area contributed by atoms with E-state index >= 15 is 0 Å². The Balaban J connectivity index is 1.49. The van der Waals surface area contributed by atoms with Gasteiger partial charge in [0.2, 0.25) is 5.91 Å². The number of hydrogen-bond acceptors (Lipinski definition) is 3. The van der Waals surface area contributed by atoms with Crippen LogP contribution in [0, 0.1) is 6.92 Å². The SMILES string of the molecule is Cc1ccc(CN(Cc2ccccc2)C(=O)CN(C(=O)NC2CCCCC2)C2CCCCC2)s1. The van der Waals surface area contributed by atoms with Crippen molar-refractivity contribution in [3.63, 3.8) is 0 Å². The average Bonchev–Trinajstić information content (AvgIpc) is 3.28. The van der Waals surface area contributed by atoms with Gasteiger partial charge >= 0.3 is 6.03 Å².